The number of halogens is 1. The van der Waals surface area contributed by atoms with Gasteiger partial charge in [0.2, 0.25) is 0 Å². The van der Waals surface area contributed by atoms with Crippen LogP contribution in [0, 0.1) is 0 Å². The van der Waals surface area contributed by atoms with Gasteiger partial charge >= 0.3 is 0 Å². The zero-order valence-corrected chi connectivity index (χ0v) is 11.8. The molecule has 3 atom stereocenters. The van der Waals surface area contributed by atoms with Crippen LogP contribution >= 0.6 is 15.9 Å². The number of nitrogens with one attached hydrogen (secondary N) is 1. The Morgan fingerprint density at radius 3 is 2.71 bits per heavy atom. The van der Waals surface area contributed by atoms with Gasteiger partial charge in [-0.05, 0) is 47.8 Å². The van der Waals surface area contributed by atoms with Gasteiger partial charge < -0.3 is 16.2 Å². The van der Waals surface area contributed by atoms with Crippen LogP contribution in [0.2, 0.25) is 0 Å². The molecule has 0 saturated carbocycles. The molecule has 4 N–H and O–H groups in total. The minimum absolute atomic E-state index is 0.0637. The molecule has 0 amide bonds. The fraction of sp³-hybridized carbons (Fsp3) is 0.583. The minimum Gasteiger partial charge on any atom is -0.393 e. The van der Waals surface area contributed by atoms with E-state index >= 15 is 0 Å². The van der Waals surface area contributed by atoms with Gasteiger partial charge in [-0.15, -0.1) is 0 Å². The summed E-state index contributed by atoms with van der Waals surface area (Å²) in [4.78, 5) is 4.13. The smallest absolute Gasteiger partial charge is 0.0526 e. The lowest BCUT2D eigenvalue weighted by Gasteiger charge is -2.23. The van der Waals surface area contributed by atoms with E-state index in [1.54, 1.807) is 13.1 Å². The summed E-state index contributed by atoms with van der Waals surface area (Å²) < 4.78 is 0.943. The van der Waals surface area contributed by atoms with Crippen molar-refractivity contribution >= 4 is 15.9 Å². The molecule has 0 aliphatic rings. The van der Waals surface area contributed by atoms with Crippen molar-refractivity contribution in [1.29, 1.82) is 0 Å². The standard InChI is InChI=1S/C12H20BrN3O/c1-8(3-9(2)17)16-12(5-14)10-4-11(13)7-15-6-10/h4,6-9,12,16-17H,3,5,14H2,1-2H3. The van der Waals surface area contributed by atoms with Crippen molar-refractivity contribution in [1.82, 2.24) is 10.3 Å². The highest BCUT2D eigenvalue weighted by atomic mass is 79.9. The molecule has 0 saturated heterocycles. The molecule has 5 heteroatoms. The SMILES string of the molecule is CC(O)CC(C)NC(CN)c1cncc(Br)c1. The second kappa shape index (κ2) is 7.06. The molecule has 1 aromatic heterocycles. The molecule has 0 spiro atoms. The molecular formula is C12H20BrN3O. The number of hydrogen-bond donors (Lipinski definition) is 3. The molecule has 4 nitrogen and oxygen atoms in total. The van der Waals surface area contributed by atoms with Gasteiger partial charge in [-0.25, -0.2) is 0 Å². The summed E-state index contributed by atoms with van der Waals surface area (Å²) in [5.74, 6) is 0. The van der Waals surface area contributed by atoms with Gasteiger partial charge in [0.15, 0.2) is 0 Å². The third-order valence-electron chi connectivity index (χ3n) is 2.54. The second-order valence-corrected chi connectivity index (χ2v) is 5.29. The normalized spacial score (nSPS) is 16.5. The van der Waals surface area contributed by atoms with Gasteiger partial charge in [-0.3, -0.25) is 4.98 Å². The first-order valence-electron chi connectivity index (χ1n) is 5.77. The average Bonchev–Trinajstić information content (AvgIpc) is 2.24. The summed E-state index contributed by atoms with van der Waals surface area (Å²) in [6.45, 7) is 4.33. The molecular weight excluding hydrogens is 282 g/mol. The quantitative estimate of drug-likeness (QED) is 0.746. The maximum atomic E-state index is 9.33. The molecule has 0 bridgehead atoms. The third kappa shape index (κ3) is 5.12. The van der Waals surface area contributed by atoms with E-state index in [9.17, 15) is 5.11 Å². The summed E-state index contributed by atoms with van der Waals surface area (Å²) in [5, 5.41) is 12.7. The molecule has 0 aromatic carbocycles. The van der Waals surface area contributed by atoms with Crippen molar-refractivity contribution < 1.29 is 5.11 Å². The van der Waals surface area contributed by atoms with Crippen molar-refractivity contribution in [3.8, 4) is 0 Å². The van der Waals surface area contributed by atoms with Crippen LogP contribution < -0.4 is 11.1 Å². The zero-order chi connectivity index (χ0) is 12.8. The lowest BCUT2D eigenvalue weighted by Crippen LogP contribution is -2.36. The van der Waals surface area contributed by atoms with Crippen LogP contribution in [0.25, 0.3) is 0 Å². The van der Waals surface area contributed by atoms with Crippen LogP contribution in [0.5, 0.6) is 0 Å². The van der Waals surface area contributed by atoms with Crippen molar-refractivity contribution in [2.75, 3.05) is 6.54 Å². The number of nitrogens with zero attached hydrogens (tertiary/aromatic N) is 1. The van der Waals surface area contributed by atoms with E-state index in [1.165, 1.54) is 0 Å². The van der Waals surface area contributed by atoms with E-state index in [4.69, 9.17) is 5.73 Å². The lowest BCUT2D eigenvalue weighted by molar-refractivity contribution is 0.168. The molecule has 0 radical (unpaired) electrons. The van der Waals surface area contributed by atoms with E-state index in [1.807, 2.05) is 19.2 Å². The van der Waals surface area contributed by atoms with Gasteiger partial charge in [-0.1, -0.05) is 0 Å². The Morgan fingerprint density at radius 2 is 2.18 bits per heavy atom. The van der Waals surface area contributed by atoms with Crippen LogP contribution in [0.4, 0.5) is 0 Å². The maximum Gasteiger partial charge on any atom is 0.0526 e. The highest BCUT2D eigenvalue weighted by molar-refractivity contribution is 9.10. The third-order valence-corrected chi connectivity index (χ3v) is 2.98. The largest absolute Gasteiger partial charge is 0.393 e. The van der Waals surface area contributed by atoms with Gasteiger partial charge in [0.05, 0.1) is 6.10 Å². The number of aliphatic hydroxyl groups excluding tert-OH is 1. The lowest BCUT2D eigenvalue weighted by atomic mass is 10.1. The number of hydrogen-bond acceptors (Lipinski definition) is 4. The number of pyridine rings is 1. The van der Waals surface area contributed by atoms with E-state index < -0.39 is 0 Å². The zero-order valence-electron chi connectivity index (χ0n) is 10.2. The highest BCUT2D eigenvalue weighted by Crippen LogP contribution is 2.17. The van der Waals surface area contributed by atoms with Crippen molar-refractivity contribution in [3.63, 3.8) is 0 Å². The van der Waals surface area contributed by atoms with Gasteiger partial charge in [0.1, 0.15) is 0 Å². The minimum atomic E-state index is -0.309. The Labute approximate surface area is 111 Å². The molecule has 0 aliphatic carbocycles. The Bertz CT molecular complexity index is 346. The summed E-state index contributed by atoms with van der Waals surface area (Å²) in [7, 11) is 0. The van der Waals surface area contributed by atoms with E-state index in [0.29, 0.717) is 13.0 Å². The Kier molecular flexibility index (Phi) is 6.05. The molecule has 0 fully saturated rings. The van der Waals surface area contributed by atoms with Crippen LogP contribution in [0.15, 0.2) is 22.9 Å². The van der Waals surface area contributed by atoms with Crippen molar-refractivity contribution in [3.05, 3.63) is 28.5 Å². The molecule has 1 heterocycles. The van der Waals surface area contributed by atoms with Crippen LogP contribution in [-0.4, -0.2) is 28.8 Å². The molecule has 1 aromatic rings. The Morgan fingerprint density at radius 1 is 1.47 bits per heavy atom. The first-order valence-corrected chi connectivity index (χ1v) is 6.56. The monoisotopic (exact) mass is 301 g/mol. The second-order valence-electron chi connectivity index (χ2n) is 4.38. The number of rotatable bonds is 6. The van der Waals surface area contributed by atoms with Gasteiger partial charge in [0.25, 0.3) is 0 Å². The number of aromatic nitrogens is 1. The van der Waals surface area contributed by atoms with E-state index in [-0.39, 0.29) is 18.2 Å². The summed E-state index contributed by atoms with van der Waals surface area (Å²) >= 11 is 3.40. The predicted octanol–water partition coefficient (Wildman–Crippen LogP) is 1.59. The van der Waals surface area contributed by atoms with Crippen molar-refractivity contribution in [2.24, 2.45) is 5.73 Å². The fourth-order valence-electron chi connectivity index (χ4n) is 1.84. The van der Waals surface area contributed by atoms with Crippen LogP contribution in [0.3, 0.4) is 0 Å². The molecule has 0 aliphatic heterocycles. The first-order chi connectivity index (χ1) is 8.02. The number of nitrogens with two attached hydrogens (primary N) is 1. The number of aliphatic hydroxyl groups is 1. The molecule has 96 valence electrons. The molecule has 17 heavy (non-hydrogen) atoms. The highest BCUT2D eigenvalue weighted by Gasteiger charge is 2.14. The average molecular weight is 302 g/mol. The maximum absolute atomic E-state index is 9.33. The summed E-state index contributed by atoms with van der Waals surface area (Å²) in [6, 6.07) is 2.28. The van der Waals surface area contributed by atoms with E-state index in [0.717, 1.165) is 10.0 Å². The Hall–Kier alpha value is -0.490. The van der Waals surface area contributed by atoms with Gasteiger partial charge in [-0.2, -0.15) is 0 Å². The molecule has 1 rings (SSSR count). The fourth-order valence-corrected chi connectivity index (χ4v) is 2.22. The van der Waals surface area contributed by atoms with Gasteiger partial charge in [0, 0.05) is 35.5 Å². The van der Waals surface area contributed by atoms with Crippen LogP contribution in [-0.2, 0) is 0 Å². The molecule has 3 unspecified atom stereocenters. The first kappa shape index (κ1) is 14.6. The topological polar surface area (TPSA) is 71.2 Å². The van der Waals surface area contributed by atoms with Crippen molar-refractivity contribution in [2.45, 2.75) is 38.5 Å². The Balaban J connectivity index is 2.65. The summed E-state index contributed by atoms with van der Waals surface area (Å²) in [5.41, 5.74) is 6.82. The predicted molar refractivity (Wildman–Crippen MR) is 72.6 cm³/mol. The summed E-state index contributed by atoms with van der Waals surface area (Å²) in [6.07, 6.45) is 3.95. The van der Waals surface area contributed by atoms with E-state index in [2.05, 4.69) is 26.2 Å². The van der Waals surface area contributed by atoms with Crippen LogP contribution in [0.1, 0.15) is 31.9 Å².